The first-order chi connectivity index (χ1) is 11.5. The van der Waals surface area contributed by atoms with Gasteiger partial charge in [-0.05, 0) is 49.2 Å². The van der Waals surface area contributed by atoms with Crippen LogP contribution in [0.4, 0.5) is 0 Å². The molecule has 2 aromatic carbocycles. The highest BCUT2D eigenvalue weighted by molar-refractivity contribution is 5.98. The Morgan fingerprint density at radius 1 is 0.792 bits per heavy atom. The van der Waals surface area contributed by atoms with E-state index in [1.165, 1.54) is 0 Å². The van der Waals surface area contributed by atoms with Crippen LogP contribution < -0.4 is 16.2 Å². The van der Waals surface area contributed by atoms with Crippen molar-refractivity contribution in [1.29, 1.82) is 0 Å². The van der Waals surface area contributed by atoms with Crippen LogP contribution in [-0.4, -0.2) is 24.3 Å². The molecule has 0 unspecified atom stereocenters. The van der Waals surface area contributed by atoms with E-state index < -0.39 is 11.8 Å². The van der Waals surface area contributed by atoms with E-state index in [0.717, 1.165) is 11.1 Å². The molecule has 124 valence electrons. The summed E-state index contributed by atoms with van der Waals surface area (Å²) in [5, 5.41) is 2.51. The van der Waals surface area contributed by atoms with Gasteiger partial charge in [-0.2, -0.15) is 0 Å². The molecule has 3 N–H and O–H groups in total. The maximum Gasteiger partial charge on any atom is 0.269 e. The van der Waals surface area contributed by atoms with Crippen LogP contribution in [0.3, 0.4) is 0 Å². The van der Waals surface area contributed by atoms with Crippen molar-refractivity contribution in [2.75, 3.05) is 6.54 Å². The summed E-state index contributed by atoms with van der Waals surface area (Å²) in [4.78, 5) is 35.5. The van der Waals surface area contributed by atoms with E-state index in [1.807, 2.05) is 19.9 Å². The minimum atomic E-state index is -0.517. The van der Waals surface area contributed by atoms with Crippen molar-refractivity contribution in [2.45, 2.75) is 13.8 Å². The molecule has 6 nitrogen and oxygen atoms in total. The lowest BCUT2D eigenvalue weighted by atomic mass is 10.1. The number of rotatable bonds is 4. The average Bonchev–Trinajstić information content (AvgIpc) is 2.60. The second-order valence-electron chi connectivity index (χ2n) is 5.35. The van der Waals surface area contributed by atoms with Crippen molar-refractivity contribution < 1.29 is 14.4 Å². The van der Waals surface area contributed by atoms with Crippen LogP contribution in [0.25, 0.3) is 0 Å². The monoisotopic (exact) mass is 325 g/mol. The number of amides is 3. The minimum absolute atomic E-state index is 0.235. The zero-order chi connectivity index (χ0) is 17.5. The van der Waals surface area contributed by atoms with Crippen LogP contribution in [0.15, 0.2) is 48.5 Å². The highest BCUT2D eigenvalue weighted by Gasteiger charge is 2.10. The van der Waals surface area contributed by atoms with Crippen molar-refractivity contribution in [1.82, 2.24) is 16.2 Å². The molecular formula is C18H19N3O3. The Morgan fingerprint density at radius 3 is 2.17 bits per heavy atom. The molecule has 0 aromatic heterocycles. The number of carbonyl (C=O) groups is 3. The van der Waals surface area contributed by atoms with Gasteiger partial charge in [-0.25, -0.2) is 0 Å². The molecule has 0 heterocycles. The number of hydrogen-bond donors (Lipinski definition) is 3. The summed E-state index contributed by atoms with van der Waals surface area (Å²) >= 11 is 0. The van der Waals surface area contributed by atoms with Gasteiger partial charge in [-0.15, -0.1) is 0 Å². The molecule has 2 aromatic rings. The summed E-state index contributed by atoms with van der Waals surface area (Å²) in [5.41, 5.74) is 7.55. The van der Waals surface area contributed by atoms with E-state index in [4.69, 9.17) is 0 Å². The molecule has 2 rings (SSSR count). The molecule has 0 saturated carbocycles. The van der Waals surface area contributed by atoms with Crippen molar-refractivity contribution >= 4 is 17.7 Å². The van der Waals surface area contributed by atoms with Gasteiger partial charge in [0.05, 0.1) is 6.54 Å². The molecule has 0 fully saturated rings. The third-order valence-corrected chi connectivity index (χ3v) is 3.53. The van der Waals surface area contributed by atoms with E-state index >= 15 is 0 Å². The van der Waals surface area contributed by atoms with E-state index in [9.17, 15) is 14.4 Å². The third-order valence-electron chi connectivity index (χ3n) is 3.53. The molecule has 0 aliphatic heterocycles. The van der Waals surface area contributed by atoms with Crippen LogP contribution >= 0.6 is 0 Å². The zero-order valence-corrected chi connectivity index (χ0v) is 13.6. The topological polar surface area (TPSA) is 87.3 Å². The van der Waals surface area contributed by atoms with E-state index in [-0.39, 0.29) is 12.5 Å². The van der Waals surface area contributed by atoms with E-state index in [1.54, 1.807) is 42.5 Å². The predicted molar refractivity (Wildman–Crippen MR) is 90.3 cm³/mol. The predicted octanol–water partition coefficient (Wildman–Crippen LogP) is 1.49. The fourth-order valence-electron chi connectivity index (χ4n) is 1.98. The Balaban J connectivity index is 1.79. The number of hydrazine groups is 1. The molecular weight excluding hydrogens is 306 g/mol. The number of nitrogens with one attached hydrogen (secondary N) is 3. The number of aryl methyl sites for hydroxylation is 2. The first-order valence-corrected chi connectivity index (χ1v) is 7.47. The van der Waals surface area contributed by atoms with Gasteiger partial charge in [0.1, 0.15) is 0 Å². The average molecular weight is 325 g/mol. The lowest BCUT2D eigenvalue weighted by Gasteiger charge is -2.09. The highest BCUT2D eigenvalue weighted by Crippen LogP contribution is 2.09. The highest BCUT2D eigenvalue weighted by atomic mass is 16.2. The summed E-state index contributed by atoms with van der Waals surface area (Å²) in [6, 6.07) is 13.8. The van der Waals surface area contributed by atoms with Crippen LogP contribution in [0, 0.1) is 13.8 Å². The third kappa shape index (κ3) is 4.67. The standard InChI is InChI=1S/C18H19N3O3/c1-12-8-9-15(10-13(12)2)17(23)19-11-16(22)20-21-18(24)14-6-4-3-5-7-14/h3-10H,11H2,1-2H3,(H,19,23)(H,20,22)(H,21,24). The fourth-order valence-corrected chi connectivity index (χ4v) is 1.98. The quantitative estimate of drug-likeness (QED) is 0.744. The summed E-state index contributed by atoms with van der Waals surface area (Å²) in [5.74, 6) is -1.29. The maximum atomic E-state index is 12.0. The molecule has 0 saturated heterocycles. The van der Waals surface area contributed by atoms with Crippen LogP contribution in [0.1, 0.15) is 31.8 Å². The summed E-state index contributed by atoms with van der Waals surface area (Å²) in [7, 11) is 0. The molecule has 3 amide bonds. The summed E-state index contributed by atoms with van der Waals surface area (Å²) in [6.45, 7) is 3.64. The van der Waals surface area contributed by atoms with Gasteiger partial charge in [0, 0.05) is 11.1 Å². The van der Waals surface area contributed by atoms with Crippen molar-refractivity contribution in [3.05, 3.63) is 70.8 Å². The normalized spacial score (nSPS) is 9.92. The van der Waals surface area contributed by atoms with E-state index in [0.29, 0.717) is 11.1 Å². The number of carbonyl (C=O) groups excluding carboxylic acids is 3. The minimum Gasteiger partial charge on any atom is -0.343 e. The molecule has 0 spiro atoms. The Labute approximate surface area is 140 Å². The van der Waals surface area contributed by atoms with Gasteiger partial charge < -0.3 is 5.32 Å². The first kappa shape index (κ1) is 17.2. The Hall–Kier alpha value is -3.15. The number of hydrogen-bond acceptors (Lipinski definition) is 3. The van der Waals surface area contributed by atoms with Gasteiger partial charge >= 0.3 is 0 Å². The van der Waals surface area contributed by atoms with Gasteiger partial charge in [0.15, 0.2) is 0 Å². The second kappa shape index (κ2) is 7.92. The van der Waals surface area contributed by atoms with Crippen LogP contribution in [0.5, 0.6) is 0 Å². The molecule has 0 atom stereocenters. The van der Waals surface area contributed by atoms with E-state index in [2.05, 4.69) is 16.2 Å². The van der Waals surface area contributed by atoms with Crippen LogP contribution in [-0.2, 0) is 4.79 Å². The maximum absolute atomic E-state index is 12.0. The Morgan fingerprint density at radius 2 is 1.50 bits per heavy atom. The summed E-state index contributed by atoms with van der Waals surface area (Å²) < 4.78 is 0. The van der Waals surface area contributed by atoms with Crippen LogP contribution in [0.2, 0.25) is 0 Å². The van der Waals surface area contributed by atoms with Crippen molar-refractivity contribution in [3.63, 3.8) is 0 Å². The fraction of sp³-hybridized carbons (Fsp3) is 0.167. The lowest BCUT2D eigenvalue weighted by Crippen LogP contribution is -2.46. The molecule has 0 aliphatic rings. The Bertz CT molecular complexity index is 757. The second-order valence-corrected chi connectivity index (χ2v) is 5.35. The molecule has 0 bridgehead atoms. The lowest BCUT2D eigenvalue weighted by molar-refractivity contribution is -0.120. The van der Waals surface area contributed by atoms with Gasteiger partial charge in [-0.1, -0.05) is 24.3 Å². The number of benzene rings is 2. The molecule has 6 heteroatoms. The molecule has 0 aliphatic carbocycles. The first-order valence-electron chi connectivity index (χ1n) is 7.47. The summed E-state index contributed by atoms with van der Waals surface area (Å²) in [6.07, 6.45) is 0. The van der Waals surface area contributed by atoms with Gasteiger partial charge in [0.2, 0.25) is 0 Å². The largest absolute Gasteiger partial charge is 0.343 e. The van der Waals surface area contributed by atoms with Gasteiger partial charge in [-0.3, -0.25) is 25.2 Å². The van der Waals surface area contributed by atoms with Gasteiger partial charge in [0.25, 0.3) is 17.7 Å². The SMILES string of the molecule is Cc1ccc(C(=O)NCC(=O)NNC(=O)c2ccccc2)cc1C. The smallest absolute Gasteiger partial charge is 0.269 e. The molecule has 24 heavy (non-hydrogen) atoms. The Kier molecular flexibility index (Phi) is 5.68. The molecule has 0 radical (unpaired) electrons. The van der Waals surface area contributed by atoms with Crippen molar-refractivity contribution in [2.24, 2.45) is 0 Å². The zero-order valence-electron chi connectivity index (χ0n) is 13.6. The van der Waals surface area contributed by atoms with Crippen molar-refractivity contribution in [3.8, 4) is 0 Å².